The van der Waals surface area contributed by atoms with Gasteiger partial charge in [0.1, 0.15) is 16.5 Å². The topological polar surface area (TPSA) is 105 Å². The molecule has 5 rings (SSSR count). The van der Waals surface area contributed by atoms with Gasteiger partial charge in [-0.15, -0.1) is 16.4 Å². The van der Waals surface area contributed by atoms with E-state index in [2.05, 4.69) is 20.5 Å². The molecule has 3 aromatic heterocycles. The quantitative estimate of drug-likeness (QED) is 0.499. The molecule has 1 unspecified atom stereocenters. The predicted octanol–water partition coefficient (Wildman–Crippen LogP) is 3.00. The number of thioether (sulfide) groups is 1. The monoisotopic (exact) mass is 417 g/mol. The Balaban J connectivity index is 1.34. The lowest BCUT2D eigenvalue weighted by molar-refractivity contribution is 0.0912. The Kier molecular flexibility index (Phi) is 5.17. The first-order chi connectivity index (χ1) is 13.8. The van der Waals surface area contributed by atoms with Crippen molar-refractivity contribution in [3.8, 4) is 0 Å². The summed E-state index contributed by atoms with van der Waals surface area (Å²) in [6, 6.07) is 0. The minimum atomic E-state index is 0.201. The van der Waals surface area contributed by atoms with Crippen LogP contribution in [0.5, 0.6) is 0 Å². The van der Waals surface area contributed by atoms with E-state index in [0.717, 1.165) is 53.5 Å². The molecule has 1 aliphatic heterocycles. The van der Waals surface area contributed by atoms with Crippen LogP contribution >= 0.6 is 23.1 Å². The number of thiophene rings is 1. The fourth-order valence-corrected chi connectivity index (χ4v) is 6.03. The van der Waals surface area contributed by atoms with E-state index >= 15 is 0 Å². The number of rotatable bonds is 5. The lowest BCUT2D eigenvalue weighted by atomic mass is 10.1. The lowest BCUT2D eigenvalue weighted by Crippen LogP contribution is -2.16. The Labute approximate surface area is 171 Å². The van der Waals surface area contributed by atoms with Crippen LogP contribution in [0.15, 0.2) is 5.16 Å². The summed E-state index contributed by atoms with van der Waals surface area (Å²) in [6.07, 6.45) is 8.36. The molecule has 3 aromatic rings. The maximum absolute atomic E-state index is 6.35. The third kappa shape index (κ3) is 3.60. The summed E-state index contributed by atoms with van der Waals surface area (Å²) < 4.78 is 7.51. The number of hydrogen-bond acceptors (Lipinski definition) is 9. The van der Waals surface area contributed by atoms with E-state index in [1.54, 1.807) is 23.1 Å². The maximum Gasteiger partial charge on any atom is 0.209 e. The number of anilines is 1. The Morgan fingerprint density at radius 2 is 2.11 bits per heavy atom. The number of ether oxygens (including phenoxy) is 1. The molecule has 2 aliphatic rings. The summed E-state index contributed by atoms with van der Waals surface area (Å²) in [6.45, 7) is 1.52. The average molecular weight is 418 g/mol. The molecule has 10 heteroatoms. The molecule has 4 heterocycles. The minimum Gasteiger partial charge on any atom is -0.383 e. The number of fused-ring (bicyclic) bond motifs is 3. The number of hydrogen-bond donors (Lipinski definition) is 1. The molecule has 8 nitrogen and oxygen atoms in total. The van der Waals surface area contributed by atoms with Crippen molar-refractivity contribution < 1.29 is 4.74 Å². The first-order valence-electron chi connectivity index (χ1n) is 9.85. The van der Waals surface area contributed by atoms with Crippen LogP contribution in [-0.2, 0) is 29.9 Å². The molecular formula is C18H23N7OS2. The molecule has 0 amide bonds. The normalized spacial score (nSPS) is 19.8. The van der Waals surface area contributed by atoms with Crippen molar-refractivity contribution in [1.82, 2.24) is 30.2 Å². The molecule has 1 fully saturated rings. The van der Waals surface area contributed by atoms with Gasteiger partial charge in [0, 0.05) is 11.5 Å². The first-order valence-corrected chi connectivity index (χ1v) is 11.7. The smallest absolute Gasteiger partial charge is 0.209 e. The van der Waals surface area contributed by atoms with Crippen LogP contribution in [0.4, 0.5) is 5.82 Å². The van der Waals surface area contributed by atoms with Crippen molar-refractivity contribution in [2.24, 2.45) is 0 Å². The summed E-state index contributed by atoms with van der Waals surface area (Å²) in [5.74, 6) is 1.94. The second-order valence-corrected chi connectivity index (χ2v) is 9.36. The van der Waals surface area contributed by atoms with Crippen molar-refractivity contribution in [1.29, 1.82) is 0 Å². The summed E-state index contributed by atoms with van der Waals surface area (Å²) >= 11 is 3.33. The fraction of sp³-hybridized carbons (Fsp3) is 0.611. The second-order valence-electron chi connectivity index (χ2n) is 7.34. The SMILES string of the molecule is Nc1nc(CSc2nnnn2CC2CCCO2)nc2sc3c(c12)CCCCC3. The fourth-order valence-electron chi connectivity index (χ4n) is 4.00. The molecule has 1 saturated heterocycles. The highest BCUT2D eigenvalue weighted by Crippen LogP contribution is 2.37. The van der Waals surface area contributed by atoms with Gasteiger partial charge < -0.3 is 10.5 Å². The van der Waals surface area contributed by atoms with Gasteiger partial charge in [0.2, 0.25) is 5.16 Å². The van der Waals surface area contributed by atoms with Gasteiger partial charge >= 0.3 is 0 Å². The molecule has 28 heavy (non-hydrogen) atoms. The van der Waals surface area contributed by atoms with Gasteiger partial charge in [0.05, 0.1) is 23.8 Å². The van der Waals surface area contributed by atoms with Crippen LogP contribution in [-0.4, -0.2) is 42.9 Å². The van der Waals surface area contributed by atoms with Crippen LogP contribution in [0.1, 0.15) is 48.4 Å². The second kappa shape index (κ2) is 7.92. The number of nitrogens with zero attached hydrogens (tertiary/aromatic N) is 6. The van der Waals surface area contributed by atoms with Crippen LogP contribution < -0.4 is 5.73 Å². The van der Waals surface area contributed by atoms with E-state index in [4.69, 9.17) is 15.5 Å². The van der Waals surface area contributed by atoms with Crippen molar-refractivity contribution >= 4 is 39.1 Å². The Morgan fingerprint density at radius 1 is 1.18 bits per heavy atom. The predicted molar refractivity (Wildman–Crippen MR) is 109 cm³/mol. The first kappa shape index (κ1) is 18.3. The zero-order valence-corrected chi connectivity index (χ0v) is 17.3. The highest BCUT2D eigenvalue weighted by molar-refractivity contribution is 7.98. The highest BCUT2D eigenvalue weighted by atomic mass is 32.2. The summed E-state index contributed by atoms with van der Waals surface area (Å²) in [7, 11) is 0. The Hall–Kier alpha value is -1.78. The molecule has 0 radical (unpaired) electrons. The molecule has 0 spiro atoms. The third-order valence-corrected chi connectivity index (χ3v) is 7.51. The average Bonchev–Trinajstić information content (AvgIpc) is 3.39. The minimum absolute atomic E-state index is 0.201. The van der Waals surface area contributed by atoms with Gasteiger partial charge in [-0.05, 0) is 54.5 Å². The zero-order chi connectivity index (χ0) is 18.9. The zero-order valence-electron chi connectivity index (χ0n) is 15.6. The van der Waals surface area contributed by atoms with Gasteiger partial charge in [0.25, 0.3) is 0 Å². The summed E-state index contributed by atoms with van der Waals surface area (Å²) in [5, 5.41) is 13.9. The van der Waals surface area contributed by atoms with Crippen LogP contribution in [0, 0.1) is 0 Å². The van der Waals surface area contributed by atoms with Gasteiger partial charge in [-0.1, -0.05) is 18.2 Å². The number of aryl methyl sites for hydroxylation is 2. The van der Waals surface area contributed by atoms with Gasteiger partial charge in [-0.2, -0.15) is 0 Å². The molecule has 0 aromatic carbocycles. The number of aromatic nitrogens is 6. The summed E-state index contributed by atoms with van der Waals surface area (Å²) in [4.78, 5) is 11.9. The number of nitrogens with two attached hydrogens (primary N) is 1. The molecule has 0 bridgehead atoms. The van der Waals surface area contributed by atoms with Gasteiger partial charge in [-0.3, -0.25) is 0 Å². The standard InChI is InChI=1S/C18H23N7OS2/c19-16-15-12-6-2-1-3-7-13(12)28-17(15)21-14(20-16)10-27-18-22-23-24-25(18)9-11-5-4-8-26-11/h11H,1-10H2,(H2,19,20,21). The van der Waals surface area contributed by atoms with E-state index in [-0.39, 0.29) is 6.10 Å². The van der Waals surface area contributed by atoms with E-state index in [1.807, 2.05) is 4.68 Å². The van der Waals surface area contributed by atoms with E-state index in [0.29, 0.717) is 18.1 Å². The maximum atomic E-state index is 6.35. The van der Waals surface area contributed by atoms with Crippen molar-refractivity contribution in [3.63, 3.8) is 0 Å². The molecule has 1 aliphatic carbocycles. The Bertz CT molecular complexity index is 980. The molecule has 1 atom stereocenters. The lowest BCUT2D eigenvalue weighted by Gasteiger charge is -2.10. The van der Waals surface area contributed by atoms with Crippen LogP contribution in [0.3, 0.4) is 0 Å². The van der Waals surface area contributed by atoms with Crippen molar-refractivity contribution in [2.75, 3.05) is 12.3 Å². The van der Waals surface area contributed by atoms with E-state index in [9.17, 15) is 0 Å². The molecular weight excluding hydrogens is 394 g/mol. The molecule has 148 valence electrons. The highest BCUT2D eigenvalue weighted by Gasteiger charge is 2.21. The van der Waals surface area contributed by atoms with E-state index < -0.39 is 0 Å². The van der Waals surface area contributed by atoms with Crippen molar-refractivity contribution in [3.05, 3.63) is 16.3 Å². The van der Waals surface area contributed by atoms with Gasteiger partial charge in [-0.25, -0.2) is 14.6 Å². The number of tetrazole rings is 1. The van der Waals surface area contributed by atoms with Crippen molar-refractivity contribution in [2.45, 2.75) is 68.5 Å². The molecule has 0 saturated carbocycles. The van der Waals surface area contributed by atoms with Crippen LogP contribution in [0.2, 0.25) is 0 Å². The third-order valence-electron chi connectivity index (χ3n) is 5.37. The van der Waals surface area contributed by atoms with E-state index in [1.165, 1.54) is 29.7 Å². The van der Waals surface area contributed by atoms with Crippen LogP contribution in [0.25, 0.3) is 10.2 Å². The molecule has 2 N–H and O–H groups in total. The van der Waals surface area contributed by atoms with Gasteiger partial charge in [0.15, 0.2) is 0 Å². The largest absolute Gasteiger partial charge is 0.383 e. The summed E-state index contributed by atoms with van der Waals surface area (Å²) in [5.41, 5.74) is 7.73. The Morgan fingerprint density at radius 3 is 3.00 bits per heavy atom. The number of nitrogen functional groups attached to an aromatic ring is 1.